The monoisotopic (exact) mass is 267 g/mol. The van der Waals surface area contributed by atoms with Crippen molar-refractivity contribution in [2.45, 2.75) is 39.2 Å². The van der Waals surface area contributed by atoms with Crippen molar-refractivity contribution in [1.29, 1.82) is 0 Å². The maximum atomic E-state index is 12.2. The average molecular weight is 267 g/mol. The van der Waals surface area contributed by atoms with Crippen molar-refractivity contribution in [3.8, 4) is 0 Å². The molecule has 1 atom stereocenters. The lowest BCUT2D eigenvalue weighted by Crippen LogP contribution is -2.47. The molecule has 1 fully saturated rings. The predicted molar refractivity (Wildman–Crippen MR) is 73.6 cm³/mol. The Kier molecular flexibility index (Phi) is 4.02. The molecule has 0 radical (unpaired) electrons. The lowest BCUT2D eigenvalue weighted by Gasteiger charge is -2.28. The zero-order chi connectivity index (χ0) is 13.2. The summed E-state index contributed by atoms with van der Waals surface area (Å²) >= 11 is 1.60. The van der Waals surface area contributed by atoms with E-state index in [1.165, 1.54) is 0 Å². The number of nitrogens with one attached hydrogen (secondary N) is 2. The zero-order valence-electron chi connectivity index (χ0n) is 11.2. The molecule has 4 nitrogen and oxygen atoms in total. The van der Waals surface area contributed by atoms with Gasteiger partial charge in [-0.25, -0.2) is 4.98 Å². The van der Waals surface area contributed by atoms with E-state index in [-0.39, 0.29) is 17.4 Å². The van der Waals surface area contributed by atoms with Gasteiger partial charge in [-0.05, 0) is 40.2 Å². The highest BCUT2D eigenvalue weighted by Crippen LogP contribution is 2.24. The zero-order valence-corrected chi connectivity index (χ0v) is 12.1. The molecule has 1 aromatic heterocycles. The Morgan fingerprint density at radius 2 is 2.39 bits per heavy atom. The highest BCUT2D eigenvalue weighted by Gasteiger charge is 2.30. The highest BCUT2D eigenvalue weighted by atomic mass is 32.1. The number of carbonyl (C=O) groups excluding carboxylic acids is 1. The molecule has 2 rings (SSSR count). The van der Waals surface area contributed by atoms with Gasteiger partial charge < -0.3 is 10.6 Å². The molecule has 100 valence electrons. The van der Waals surface area contributed by atoms with E-state index in [9.17, 15) is 4.79 Å². The molecule has 1 unspecified atom stereocenters. The number of carbonyl (C=O) groups is 1. The largest absolute Gasteiger partial charge is 0.344 e. The fourth-order valence-corrected chi connectivity index (χ4v) is 3.06. The minimum Gasteiger partial charge on any atom is -0.344 e. The topological polar surface area (TPSA) is 54.0 Å². The molecule has 1 amide bonds. The number of hydrogen-bond acceptors (Lipinski definition) is 4. The number of piperidine rings is 1. The predicted octanol–water partition coefficient (Wildman–Crippen LogP) is 1.80. The lowest BCUT2D eigenvalue weighted by molar-refractivity contribution is -0.127. The number of rotatable bonds is 3. The third-order valence-electron chi connectivity index (χ3n) is 3.26. The van der Waals surface area contributed by atoms with Gasteiger partial charge >= 0.3 is 0 Å². The van der Waals surface area contributed by atoms with Gasteiger partial charge in [-0.15, -0.1) is 11.3 Å². The van der Waals surface area contributed by atoms with Gasteiger partial charge in [0.05, 0.1) is 11.5 Å². The van der Waals surface area contributed by atoms with Gasteiger partial charge in [0, 0.05) is 17.6 Å². The Hall–Kier alpha value is -0.940. The van der Waals surface area contributed by atoms with Crippen molar-refractivity contribution in [1.82, 2.24) is 15.6 Å². The number of nitrogens with zero attached hydrogens (tertiary/aromatic N) is 1. The average Bonchev–Trinajstić information content (AvgIpc) is 2.77. The number of aromatic nitrogens is 1. The molecular weight excluding hydrogens is 246 g/mol. The second kappa shape index (κ2) is 5.36. The van der Waals surface area contributed by atoms with Gasteiger partial charge in [-0.1, -0.05) is 0 Å². The van der Waals surface area contributed by atoms with Crippen molar-refractivity contribution in [3.63, 3.8) is 0 Å². The van der Waals surface area contributed by atoms with Gasteiger partial charge in [-0.2, -0.15) is 0 Å². The van der Waals surface area contributed by atoms with Crippen molar-refractivity contribution < 1.29 is 4.79 Å². The van der Waals surface area contributed by atoms with Crippen LogP contribution < -0.4 is 10.6 Å². The maximum absolute atomic E-state index is 12.2. The van der Waals surface area contributed by atoms with E-state index in [4.69, 9.17) is 0 Å². The molecule has 0 spiro atoms. The Labute approximate surface area is 112 Å². The first-order valence-corrected chi connectivity index (χ1v) is 7.32. The fourth-order valence-electron chi connectivity index (χ4n) is 2.18. The van der Waals surface area contributed by atoms with E-state index in [1.807, 2.05) is 26.2 Å². The number of amides is 1. The maximum Gasteiger partial charge on any atom is 0.225 e. The summed E-state index contributed by atoms with van der Waals surface area (Å²) in [4.78, 5) is 16.7. The van der Waals surface area contributed by atoms with E-state index in [2.05, 4.69) is 15.6 Å². The molecule has 0 aromatic carbocycles. The van der Waals surface area contributed by atoms with Crippen LogP contribution in [-0.2, 0) is 10.3 Å². The molecule has 1 aliphatic rings. The molecule has 0 bridgehead atoms. The Bertz CT molecular complexity index is 422. The van der Waals surface area contributed by atoms with Crippen molar-refractivity contribution in [3.05, 3.63) is 16.1 Å². The van der Waals surface area contributed by atoms with Crippen LogP contribution in [0.3, 0.4) is 0 Å². The highest BCUT2D eigenvalue weighted by molar-refractivity contribution is 7.09. The second-order valence-corrected chi connectivity index (χ2v) is 6.31. The second-order valence-electron chi connectivity index (χ2n) is 5.45. The molecule has 2 N–H and O–H groups in total. The first-order valence-electron chi connectivity index (χ1n) is 6.44. The van der Waals surface area contributed by atoms with Crippen LogP contribution in [0.1, 0.15) is 37.4 Å². The number of thiazole rings is 1. The van der Waals surface area contributed by atoms with E-state index >= 15 is 0 Å². The van der Waals surface area contributed by atoms with Crippen molar-refractivity contribution in [2.24, 2.45) is 5.92 Å². The van der Waals surface area contributed by atoms with Crippen LogP contribution in [0.25, 0.3) is 0 Å². The molecule has 18 heavy (non-hydrogen) atoms. The van der Waals surface area contributed by atoms with Crippen LogP contribution in [-0.4, -0.2) is 24.0 Å². The summed E-state index contributed by atoms with van der Waals surface area (Å²) in [6.07, 6.45) is 2.06. The lowest BCUT2D eigenvalue weighted by atomic mass is 9.97. The molecule has 2 heterocycles. The van der Waals surface area contributed by atoms with E-state index < -0.39 is 0 Å². The SMILES string of the molecule is Cc1csc(C(C)(C)NC(=O)C2CCCNC2)n1. The van der Waals surface area contributed by atoms with E-state index in [0.29, 0.717) is 0 Å². The quantitative estimate of drug-likeness (QED) is 0.878. The summed E-state index contributed by atoms with van der Waals surface area (Å²) in [7, 11) is 0. The number of aryl methyl sites for hydroxylation is 1. The Balaban J connectivity index is 2.00. The van der Waals surface area contributed by atoms with E-state index in [1.54, 1.807) is 11.3 Å². The summed E-state index contributed by atoms with van der Waals surface area (Å²) < 4.78 is 0. The van der Waals surface area contributed by atoms with E-state index in [0.717, 1.165) is 36.6 Å². The minimum atomic E-state index is -0.381. The van der Waals surface area contributed by atoms with Crippen molar-refractivity contribution >= 4 is 17.2 Å². The third-order valence-corrected chi connectivity index (χ3v) is 4.54. The van der Waals surface area contributed by atoms with Crippen LogP contribution in [0, 0.1) is 12.8 Å². The van der Waals surface area contributed by atoms with Crippen LogP contribution in [0.4, 0.5) is 0 Å². The molecule has 1 aliphatic heterocycles. The van der Waals surface area contributed by atoms with Gasteiger partial charge in [-0.3, -0.25) is 4.79 Å². The molecule has 1 aromatic rings. The molecule has 0 saturated carbocycles. The first-order chi connectivity index (χ1) is 8.49. The fraction of sp³-hybridized carbons (Fsp3) is 0.692. The third kappa shape index (κ3) is 3.09. The molecular formula is C13H21N3OS. The molecule has 1 saturated heterocycles. The van der Waals surface area contributed by atoms with Gasteiger partial charge in [0.2, 0.25) is 5.91 Å². The van der Waals surface area contributed by atoms with Gasteiger partial charge in [0.25, 0.3) is 0 Å². The van der Waals surface area contributed by atoms with Crippen LogP contribution in [0.2, 0.25) is 0 Å². The van der Waals surface area contributed by atoms with Crippen LogP contribution in [0.15, 0.2) is 5.38 Å². The molecule has 5 heteroatoms. The summed E-state index contributed by atoms with van der Waals surface area (Å²) in [5.41, 5.74) is 0.629. The number of hydrogen-bond donors (Lipinski definition) is 2. The minimum absolute atomic E-state index is 0.0964. The summed E-state index contributed by atoms with van der Waals surface area (Å²) in [5, 5.41) is 9.38. The first kappa shape index (κ1) is 13.5. The van der Waals surface area contributed by atoms with Gasteiger partial charge in [0.1, 0.15) is 5.01 Å². The Morgan fingerprint density at radius 1 is 1.61 bits per heavy atom. The Morgan fingerprint density at radius 3 is 2.94 bits per heavy atom. The standard InChI is InChI=1S/C13H21N3OS/c1-9-8-18-12(15-9)13(2,3)16-11(17)10-5-4-6-14-7-10/h8,10,14H,4-7H2,1-3H3,(H,16,17). The summed E-state index contributed by atoms with van der Waals surface area (Å²) in [6.45, 7) is 7.82. The normalized spacial score (nSPS) is 20.7. The van der Waals surface area contributed by atoms with Crippen LogP contribution in [0.5, 0.6) is 0 Å². The summed E-state index contributed by atoms with van der Waals surface area (Å²) in [5.74, 6) is 0.235. The van der Waals surface area contributed by atoms with Gasteiger partial charge in [0.15, 0.2) is 0 Å². The van der Waals surface area contributed by atoms with Crippen molar-refractivity contribution in [2.75, 3.05) is 13.1 Å². The molecule has 0 aliphatic carbocycles. The smallest absolute Gasteiger partial charge is 0.225 e. The summed E-state index contributed by atoms with van der Waals surface area (Å²) in [6, 6.07) is 0. The van der Waals surface area contributed by atoms with Crippen LogP contribution >= 0.6 is 11.3 Å².